The summed E-state index contributed by atoms with van der Waals surface area (Å²) < 4.78 is 0. The molecule has 0 unspecified atom stereocenters. The first-order valence-corrected chi connectivity index (χ1v) is 10.6. The molecule has 0 fully saturated rings. The van der Waals surface area contributed by atoms with E-state index in [0.717, 1.165) is 23.1 Å². The predicted molar refractivity (Wildman–Crippen MR) is 136 cm³/mol. The van der Waals surface area contributed by atoms with Crippen LogP contribution in [0, 0.1) is 13.8 Å². The smallest absolute Gasteiger partial charge is 0.261 e. The average Bonchev–Trinajstić information content (AvgIpc) is 2.77. The fourth-order valence-electron chi connectivity index (χ4n) is 3.26. The third-order valence-electron chi connectivity index (χ3n) is 5.24. The average molecular weight is 411 g/mol. The van der Waals surface area contributed by atoms with E-state index in [1.165, 1.54) is 22.4 Å². The van der Waals surface area contributed by atoms with E-state index < -0.39 is 0 Å². The molecule has 0 radical (unpaired) electrons. The number of benzene rings is 3. The first kappa shape index (κ1) is 22.2. The molecule has 0 aliphatic carbocycles. The minimum atomic E-state index is 0.523. The SMILES string of the molecule is Cc1ccc(/C([OH2+])=C/C(=C\C/C=C/c2ccc(N(C)C)cc2)c2ccc(C)cc2)cc1. The summed E-state index contributed by atoms with van der Waals surface area (Å²) in [5.41, 5.74) is 7.95. The molecule has 2 heteroatoms. The van der Waals surface area contributed by atoms with Crippen molar-refractivity contribution in [3.05, 3.63) is 119 Å². The first-order valence-electron chi connectivity index (χ1n) is 10.6. The monoisotopic (exact) mass is 410 g/mol. The van der Waals surface area contributed by atoms with Crippen LogP contribution in [0.25, 0.3) is 17.4 Å². The molecule has 158 valence electrons. The molecule has 2 nitrogen and oxygen atoms in total. The fraction of sp³-hybridized carbons (Fsp3) is 0.172. The van der Waals surface area contributed by atoms with Crippen LogP contribution >= 0.6 is 0 Å². The van der Waals surface area contributed by atoms with Crippen molar-refractivity contribution in [1.82, 2.24) is 0 Å². The minimum absolute atomic E-state index is 0.523. The van der Waals surface area contributed by atoms with Crippen LogP contribution in [0.3, 0.4) is 0 Å². The lowest BCUT2D eigenvalue weighted by Crippen LogP contribution is -2.07. The van der Waals surface area contributed by atoms with E-state index in [2.05, 4.69) is 97.6 Å². The number of allylic oxidation sites excluding steroid dienone is 4. The van der Waals surface area contributed by atoms with Crippen molar-refractivity contribution >= 4 is 23.1 Å². The second kappa shape index (κ2) is 10.5. The summed E-state index contributed by atoms with van der Waals surface area (Å²) in [7, 11) is 4.10. The van der Waals surface area contributed by atoms with Crippen molar-refractivity contribution in [3.8, 4) is 0 Å². The van der Waals surface area contributed by atoms with Gasteiger partial charge in [0, 0.05) is 25.9 Å². The Balaban J connectivity index is 1.82. The standard InChI is InChI=1S/C29H31NO/c1-22-9-15-25(16-10-22)27(21-29(31)26-17-11-23(2)12-18-26)8-6-5-7-24-13-19-28(20-14-24)30(3)4/h5,7-21,31H,6H2,1-4H3/p+1/b7-5+,27-8+,29-21-. The van der Waals surface area contributed by atoms with Crippen LogP contribution in [0.5, 0.6) is 0 Å². The summed E-state index contributed by atoms with van der Waals surface area (Å²) in [5, 5.41) is 8.57. The van der Waals surface area contributed by atoms with E-state index in [1.807, 2.05) is 32.3 Å². The Kier molecular flexibility index (Phi) is 7.50. The predicted octanol–water partition coefficient (Wildman–Crippen LogP) is 6.62. The van der Waals surface area contributed by atoms with Gasteiger partial charge in [-0.05, 0) is 61.2 Å². The molecule has 0 aromatic heterocycles. The van der Waals surface area contributed by atoms with Gasteiger partial charge in [0.15, 0.2) is 0 Å². The summed E-state index contributed by atoms with van der Waals surface area (Å²) in [5.74, 6) is 0.523. The second-order valence-electron chi connectivity index (χ2n) is 8.07. The highest BCUT2D eigenvalue weighted by atomic mass is 16.3. The van der Waals surface area contributed by atoms with Crippen LogP contribution in [0.2, 0.25) is 0 Å². The van der Waals surface area contributed by atoms with Gasteiger partial charge < -0.3 is 10.0 Å². The van der Waals surface area contributed by atoms with Crippen molar-refractivity contribution in [2.75, 3.05) is 19.0 Å². The van der Waals surface area contributed by atoms with Gasteiger partial charge in [-0.3, -0.25) is 0 Å². The maximum absolute atomic E-state index is 8.57. The molecule has 0 amide bonds. The molecule has 3 aromatic rings. The van der Waals surface area contributed by atoms with E-state index in [4.69, 9.17) is 5.11 Å². The van der Waals surface area contributed by atoms with Gasteiger partial charge in [0.05, 0.1) is 5.56 Å². The topological polar surface area (TPSA) is 26.1 Å². The van der Waals surface area contributed by atoms with E-state index in [0.29, 0.717) is 5.76 Å². The molecule has 0 heterocycles. The summed E-state index contributed by atoms with van der Waals surface area (Å²) >= 11 is 0. The third kappa shape index (κ3) is 6.48. The van der Waals surface area contributed by atoms with Crippen molar-refractivity contribution in [1.29, 1.82) is 0 Å². The molecule has 0 bridgehead atoms. The highest BCUT2D eigenvalue weighted by Gasteiger charge is 2.07. The quantitative estimate of drug-likeness (QED) is 0.244. The molecule has 2 N–H and O–H groups in total. The zero-order chi connectivity index (χ0) is 22.2. The van der Waals surface area contributed by atoms with Gasteiger partial charge in [0.1, 0.15) is 0 Å². The first-order chi connectivity index (χ1) is 14.9. The largest absolute Gasteiger partial charge is 0.593 e. The van der Waals surface area contributed by atoms with Crippen molar-refractivity contribution in [2.24, 2.45) is 0 Å². The lowest BCUT2D eigenvalue weighted by atomic mass is 10.0. The summed E-state index contributed by atoms with van der Waals surface area (Å²) in [6.45, 7) is 4.16. The molecule has 0 saturated carbocycles. The number of anilines is 1. The van der Waals surface area contributed by atoms with Crippen LogP contribution in [0.1, 0.15) is 34.2 Å². The Hall–Kier alpha value is -3.52. The lowest BCUT2D eigenvalue weighted by Gasteiger charge is -2.11. The Bertz CT molecular complexity index is 1070. The zero-order valence-electron chi connectivity index (χ0n) is 18.9. The molecule has 0 aliphatic heterocycles. The number of hydrogen-bond donors (Lipinski definition) is 0. The van der Waals surface area contributed by atoms with E-state index in [-0.39, 0.29) is 0 Å². The van der Waals surface area contributed by atoms with E-state index >= 15 is 0 Å². The molecule has 3 aromatic carbocycles. The van der Waals surface area contributed by atoms with Crippen molar-refractivity contribution in [3.63, 3.8) is 0 Å². The van der Waals surface area contributed by atoms with Crippen molar-refractivity contribution in [2.45, 2.75) is 20.3 Å². The summed E-state index contributed by atoms with van der Waals surface area (Å²) in [6, 6.07) is 25.2. The maximum atomic E-state index is 8.57. The molecule has 0 aliphatic rings. The molecule has 3 rings (SSSR count). The molecule has 31 heavy (non-hydrogen) atoms. The van der Waals surface area contributed by atoms with Gasteiger partial charge in [-0.25, -0.2) is 0 Å². The van der Waals surface area contributed by atoms with Gasteiger partial charge in [-0.1, -0.05) is 77.9 Å². The maximum Gasteiger partial charge on any atom is 0.261 e. The lowest BCUT2D eigenvalue weighted by molar-refractivity contribution is 0.512. The van der Waals surface area contributed by atoms with Crippen LogP contribution in [0.4, 0.5) is 5.69 Å². The van der Waals surface area contributed by atoms with Gasteiger partial charge in [-0.15, -0.1) is 0 Å². The highest BCUT2D eigenvalue weighted by Crippen LogP contribution is 2.23. The molecular weight excluding hydrogens is 378 g/mol. The number of nitrogens with zero attached hydrogens (tertiary/aromatic N) is 1. The third-order valence-corrected chi connectivity index (χ3v) is 5.24. The van der Waals surface area contributed by atoms with Crippen LogP contribution in [0.15, 0.2) is 91.0 Å². The minimum Gasteiger partial charge on any atom is -0.593 e. The van der Waals surface area contributed by atoms with E-state index in [1.54, 1.807) is 0 Å². The van der Waals surface area contributed by atoms with Gasteiger partial charge >= 0.3 is 0 Å². The Morgan fingerprint density at radius 3 is 1.87 bits per heavy atom. The van der Waals surface area contributed by atoms with Gasteiger partial charge in [0.2, 0.25) is 0 Å². The Labute approximate surface area is 186 Å². The summed E-state index contributed by atoms with van der Waals surface area (Å²) in [6.07, 6.45) is 9.28. The molecule has 0 spiro atoms. The zero-order valence-corrected chi connectivity index (χ0v) is 18.9. The summed E-state index contributed by atoms with van der Waals surface area (Å²) in [4.78, 5) is 2.10. The Morgan fingerprint density at radius 1 is 0.774 bits per heavy atom. The number of aryl methyl sites for hydroxylation is 2. The number of hydrogen-bond acceptors (Lipinski definition) is 1. The molecular formula is C29H32NO+. The van der Waals surface area contributed by atoms with Crippen LogP contribution < -0.4 is 4.90 Å². The fourth-order valence-corrected chi connectivity index (χ4v) is 3.26. The molecule has 0 atom stereocenters. The van der Waals surface area contributed by atoms with Crippen LogP contribution in [-0.2, 0) is 0 Å². The van der Waals surface area contributed by atoms with E-state index in [9.17, 15) is 0 Å². The molecule has 0 saturated heterocycles. The normalized spacial score (nSPS) is 12.4. The number of rotatable bonds is 7. The van der Waals surface area contributed by atoms with Gasteiger partial charge in [0.25, 0.3) is 5.76 Å². The highest BCUT2D eigenvalue weighted by molar-refractivity contribution is 5.81. The Morgan fingerprint density at radius 2 is 1.32 bits per heavy atom. The van der Waals surface area contributed by atoms with Crippen molar-refractivity contribution < 1.29 is 5.11 Å². The van der Waals surface area contributed by atoms with Gasteiger partial charge in [-0.2, -0.15) is 0 Å². The van der Waals surface area contributed by atoms with Crippen LogP contribution in [-0.4, -0.2) is 19.2 Å². The second-order valence-corrected chi connectivity index (χ2v) is 8.07.